The summed E-state index contributed by atoms with van der Waals surface area (Å²) in [6.45, 7) is 5.21. The van der Waals surface area contributed by atoms with Crippen molar-refractivity contribution in [1.82, 2.24) is 15.5 Å². The van der Waals surface area contributed by atoms with Crippen LogP contribution in [0.2, 0.25) is 0 Å². The maximum absolute atomic E-state index is 12.0. The first-order chi connectivity index (χ1) is 9.77. The summed E-state index contributed by atoms with van der Waals surface area (Å²) in [7, 11) is 5.42. The van der Waals surface area contributed by atoms with Crippen molar-refractivity contribution in [2.45, 2.75) is 38.8 Å². The number of carboxylic acids is 1. The number of amides is 2. The quantitative estimate of drug-likeness (QED) is 0.518. The summed E-state index contributed by atoms with van der Waals surface area (Å²) < 4.78 is 4.89. The van der Waals surface area contributed by atoms with Gasteiger partial charge in [0.1, 0.15) is 6.04 Å². The Balaban J connectivity index is 4.42. The van der Waals surface area contributed by atoms with Crippen LogP contribution in [0.1, 0.15) is 26.7 Å². The summed E-state index contributed by atoms with van der Waals surface area (Å²) in [6, 6.07) is -1.37. The highest BCUT2D eigenvalue weighted by Crippen LogP contribution is 2.03. The first-order valence-corrected chi connectivity index (χ1v) is 7.21. The minimum absolute atomic E-state index is 0.0339. The topological polar surface area (TPSA) is 90.9 Å². The van der Waals surface area contributed by atoms with Crippen LogP contribution in [0.4, 0.5) is 4.79 Å². The second-order valence-corrected chi connectivity index (χ2v) is 5.76. The SMILES string of the molecule is COCCCC(NC(=O)NC(CN(C)C)C(C)C)C(=O)O. The molecule has 0 spiro atoms. The Kier molecular flexibility index (Phi) is 9.73. The summed E-state index contributed by atoms with van der Waals surface area (Å²) in [5, 5.41) is 14.5. The molecule has 0 aromatic heterocycles. The zero-order chi connectivity index (χ0) is 16.4. The van der Waals surface area contributed by atoms with Gasteiger partial charge >= 0.3 is 12.0 Å². The maximum atomic E-state index is 12.0. The van der Waals surface area contributed by atoms with Gasteiger partial charge in [0.15, 0.2) is 0 Å². The Hall–Kier alpha value is -1.34. The van der Waals surface area contributed by atoms with Gasteiger partial charge in [0, 0.05) is 26.3 Å². The summed E-state index contributed by atoms with van der Waals surface area (Å²) in [6.07, 6.45) is 0.926. The van der Waals surface area contributed by atoms with Gasteiger partial charge in [-0.15, -0.1) is 0 Å². The number of ether oxygens (including phenoxy) is 1. The molecule has 0 aliphatic heterocycles. The van der Waals surface area contributed by atoms with E-state index in [0.29, 0.717) is 26.0 Å². The number of carbonyl (C=O) groups is 2. The zero-order valence-corrected chi connectivity index (χ0v) is 13.7. The number of rotatable bonds is 10. The molecule has 0 aromatic carbocycles. The number of nitrogens with one attached hydrogen (secondary N) is 2. The van der Waals surface area contributed by atoms with E-state index in [-0.39, 0.29) is 12.0 Å². The number of hydrogen-bond acceptors (Lipinski definition) is 4. The predicted octanol–water partition coefficient (Wildman–Crippen LogP) is 0.752. The van der Waals surface area contributed by atoms with Crippen molar-refractivity contribution in [3.63, 3.8) is 0 Å². The highest BCUT2D eigenvalue weighted by Gasteiger charge is 2.22. The first-order valence-electron chi connectivity index (χ1n) is 7.21. The van der Waals surface area contributed by atoms with Gasteiger partial charge in [0.25, 0.3) is 0 Å². The average molecular weight is 303 g/mol. The summed E-state index contributed by atoms with van der Waals surface area (Å²) in [4.78, 5) is 25.1. The number of hydrogen-bond donors (Lipinski definition) is 3. The third kappa shape index (κ3) is 9.25. The van der Waals surface area contributed by atoms with E-state index in [1.165, 1.54) is 0 Å². The van der Waals surface area contributed by atoms with E-state index < -0.39 is 18.0 Å². The number of urea groups is 1. The third-order valence-corrected chi connectivity index (χ3v) is 3.13. The molecule has 2 unspecified atom stereocenters. The molecule has 21 heavy (non-hydrogen) atoms. The lowest BCUT2D eigenvalue weighted by molar-refractivity contribution is -0.139. The lowest BCUT2D eigenvalue weighted by Crippen LogP contribution is -2.52. The average Bonchev–Trinajstić information content (AvgIpc) is 2.36. The Morgan fingerprint density at radius 2 is 1.86 bits per heavy atom. The second-order valence-electron chi connectivity index (χ2n) is 5.76. The number of aliphatic carboxylic acids is 1. The van der Waals surface area contributed by atoms with E-state index in [0.717, 1.165) is 0 Å². The molecular weight excluding hydrogens is 274 g/mol. The molecule has 0 saturated heterocycles. The first kappa shape index (κ1) is 19.7. The third-order valence-electron chi connectivity index (χ3n) is 3.13. The van der Waals surface area contributed by atoms with Crippen LogP contribution in [0, 0.1) is 5.92 Å². The van der Waals surface area contributed by atoms with Crippen molar-refractivity contribution in [3.8, 4) is 0 Å². The lowest BCUT2D eigenvalue weighted by atomic mass is 10.0. The Labute approximate surface area is 127 Å². The fourth-order valence-electron chi connectivity index (χ4n) is 1.87. The van der Waals surface area contributed by atoms with Crippen LogP contribution in [0.25, 0.3) is 0 Å². The van der Waals surface area contributed by atoms with Gasteiger partial charge in [-0.05, 0) is 32.9 Å². The minimum Gasteiger partial charge on any atom is -0.480 e. The van der Waals surface area contributed by atoms with E-state index in [9.17, 15) is 9.59 Å². The second kappa shape index (κ2) is 10.4. The van der Waals surface area contributed by atoms with E-state index in [1.807, 2.05) is 32.8 Å². The molecular formula is C14H29N3O4. The molecule has 7 heteroatoms. The Bertz CT molecular complexity index is 321. The van der Waals surface area contributed by atoms with Crippen molar-refractivity contribution < 1.29 is 19.4 Å². The van der Waals surface area contributed by atoms with Gasteiger partial charge in [-0.2, -0.15) is 0 Å². The summed E-state index contributed by atoms with van der Waals surface area (Å²) in [5.74, 6) is -0.773. The smallest absolute Gasteiger partial charge is 0.326 e. The predicted molar refractivity (Wildman–Crippen MR) is 81.4 cm³/mol. The number of nitrogens with zero attached hydrogens (tertiary/aromatic N) is 1. The molecule has 0 bridgehead atoms. The van der Waals surface area contributed by atoms with Gasteiger partial charge in [-0.1, -0.05) is 13.8 Å². The van der Waals surface area contributed by atoms with E-state index in [1.54, 1.807) is 7.11 Å². The molecule has 2 atom stereocenters. The molecule has 0 saturated carbocycles. The highest BCUT2D eigenvalue weighted by atomic mass is 16.5. The normalized spacial score (nSPS) is 14.0. The van der Waals surface area contributed by atoms with Crippen LogP contribution >= 0.6 is 0 Å². The van der Waals surface area contributed by atoms with E-state index in [2.05, 4.69) is 10.6 Å². The number of carbonyl (C=O) groups excluding carboxylic acids is 1. The molecule has 0 radical (unpaired) electrons. The largest absolute Gasteiger partial charge is 0.480 e. The lowest BCUT2D eigenvalue weighted by Gasteiger charge is -2.26. The molecule has 124 valence electrons. The molecule has 0 fully saturated rings. The van der Waals surface area contributed by atoms with Crippen molar-refractivity contribution in [1.29, 1.82) is 0 Å². The van der Waals surface area contributed by atoms with Crippen molar-refractivity contribution in [3.05, 3.63) is 0 Å². The maximum Gasteiger partial charge on any atom is 0.326 e. The van der Waals surface area contributed by atoms with Crippen LogP contribution in [0.3, 0.4) is 0 Å². The van der Waals surface area contributed by atoms with Crippen LogP contribution in [-0.4, -0.2) is 68.4 Å². The molecule has 0 aliphatic carbocycles. The van der Waals surface area contributed by atoms with E-state index in [4.69, 9.17) is 9.84 Å². The fraction of sp³-hybridized carbons (Fsp3) is 0.857. The summed E-state index contributed by atoms with van der Waals surface area (Å²) in [5.41, 5.74) is 0. The zero-order valence-electron chi connectivity index (χ0n) is 13.7. The van der Waals surface area contributed by atoms with Crippen molar-refractivity contribution in [2.75, 3.05) is 34.4 Å². The standard InChI is InChI=1S/C14H29N3O4/c1-10(2)12(9-17(3)4)16-14(20)15-11(13(18)19)7-6-8-21-5/h10-12H,6-9H2,1-5H3,(H,18,19)(H2,15,16,20). The van der Waals surface area contributed by atoms with Crippen LogP contribution in [0.5, 0.6) is 0 Å². The van der Waals surface area contributed by atoms with Gasteiger partial charge in [0.2, 0.25) is 0 Å². The molecule has 0 aromatic rings. The molecule has 0 aliphatic rings. The Morgan fingerprint density at radius 1 is 1.24 bits per heavy atom. The van der Waals surface area contributed by atoms with Crippen LogP contribution in [0.15, 0.2) is 0 Å². The van der Waals surface area contributed by atoms with Gasteiger partial charge in [-0.25, -0.2) is 9.59 Å². The summed E-state index contributed by atoms with van der Waals surface area (Å²) >= 11 is 0. The monoisotopic (exact) mass is 303 g/mol. The van der Waals surface area contributed by atoms with Crippen LogP contribution < -0.4 is 10.6 Å². The number of likely N-dealkylation sites (N-methyl/N-ethyl adjacent to an activating group) is 1. The molecule has 3 N–H and O–H groups in total. The van der Waals surface area contributed by atoms with Crippen molar-refractivity contribution in [2.24, 2.45) is 5.92 Å². The number of carboxylic acid groups (broad SMARTS) is 1. The van der Waals surface area contributed by atoms with Gasteiger partial charge in [0.05, 0.1) is 0 Å². The Morgan fingerprint density at radius 3 is 2.29 bits per heavy atom. The molecule has 0 heterocycles. The van der Waals surface area contributed by atoms with Gasteiger partial charge in [-0.3, -0.25) is 0 Å². The number of methoxy groups -OCH3 is 1. The van der Waals surface area contributed by atoms with Gasteiger partial charge < -0.3 is 25.4 Å². The molecule has 7 nitrogen and oxygen atoms in total. The fourth-order valence-corrected chi connectivity index (χ4v) is 1.87. The van der Waals surface area contributed by atoms with Crippen LogP contribution in [-0.2, 0) is 9.53 Å². The molecule has 0 rings (SSSR count). The van der Waals surface area contributed by atoms with Crippen molar-refractivity contribution >= 4 is 12.0 Å². The minimum atomic E-state index is -1.03. The molecule has 2 amide bonds. The highest BCUT2D eigenvalue weighted by molar-refractivity contribution is 5.82. The van der Waals surface area contributed by atoms with E-state index >= 15 is 0 Å².